The molecule has 0 unspecified atom stereocenters. The summed E-state index contributed by atoms with van der Waals surface area (Å²) in [6.07, 6.45) is 0. The Kier molecular flexibility index (Phi) is 6.28. The molecule has 0 N–H and O–H groups in total. The predicted octanol–water partition coefficient (Wildman–Crippen LogP) is -3.01. The average Bonchev–Trinajstić information content (AvgIpc) is 2.55. The maximum absolute atomic E-state index is 8.49. The minimum atomic E-state index is -4.94. The number of nitrogens with zero attached hydrogens (tertiary/aromatic N) is 1. The van der Waals surface area contributed by atoms with Gasteiger partial charge in [0.2, 0.25) is 0 Å². The van der Waals surface area contributed by atoms with Crippen LogP contribution in [0.5, 0.6) is 0 Å². The number of ether oxygens (including phenoxy) is 1. The highest BCUT2D eigenvalue weighted by molar-refractivity contribution is 5.56. The van der Waals surface area contributed by atoms with E-state index in [-0.39, 0.29) is 0 Å². The van der Waals surface area contributed by atoms with Gasteiger partial charge in [0.25, 0.3) is 0 Å². The molecular formula is C15H16ClNO6. The van der Waals surface area contributed by atoms with E-state index in [1.807, 2.05) is 36.4 Å². The summed E-state index contributed by atoms with van der Waals surface area (Å²) in [4.78, 5) is 0. The maximum atomic E-state index is 8.49. The van der Waals surface area contributed by atoms with Crippen molar-refractivity contribution in [3.05, 3.63) is 54.1 Å². The van der Waals surface area contributed by atoms with Crippen LogP contribution in [0.15, 0.2) is 52.9 Å². The number of hydrogen-bond acceptors (Lipinski definition) is 6. The fraction of sp³-hybridized carbons (Fsp3) is 0.267. The van der Waals surface area contributed by atoms with Crippen LogP contribution in [-0.4, -0.2) is 26.3 Å². The van der Waals surface area contributed by atoms with Gasteiger partial charge < -0.3 is 9.15 Å². The van der Waals surface area contributed by atoms with Gasteiger partial charge in [0, 0.05) is 5.56 Å². The summed E-state index contributed by atoms with van der Waals surface area (Å²) < 4.78 is 47.5. The van der Waals surface area contributed by atoms with Crippen LogP contribution in [-0.2, 0) is 4.74 Å². The maximum Gasteiger partial charge on any atom is 0.368 e. The third-order valence-corrected chi connectivity index (χ3v) is 3.08. The van der Waals surface area contributed by atoms with Crippen molar-refractivity contribution in [1.29, 1.82) is 0 Å². The van der Waals surface area contributed by atoms with Crippen molar-refractivity contribution in [3.63, 3.8) is 0 Å². The van der Waals surface area contributed by atoms with Crippen molar-refractivity contribution >= 4 is 0 Å². The van der Waals surface area contributed by atoms with Gasteiger partial charge in [0.05, 0.1) is 6.07 Å². The molecule has 1 aliphatic rings. The highest BCUT2D eigenvalue weighted by atomic mass is 35.7. The van der Waals surface area contributed by atoms with Crippen molar-refractivity contribution in [2.45, 2.75) is 0 Å². The Morgan fingerprint density at radius 3 is 2.04 bits per heavy atom. The molecule has 0 spiro atoms. The number of morpholine rings is 1. The first-order valence-corrected chi connectivity index (χ1v) is 8.10. The van der Waals surface area contributed by atoms with E-state index < -0.39 is 10.2 Å². The van der Waals surface area contributed by atoms with Gasteiger partial charge in [0.15, 0.2) is 13.1 Å². The van der Waals surface area contributed by atoms with Crippen molar-refractivity contribution in [2.24, 2.45) is 0 Å². The summed E-state index contributed by atoms with van der Waals surface area (Å²) in [5, 5.41) is 0. The summed E-state index contributed by atoms with van der Waals surface area (Å²) in [6, 6.07) is 16.2. The SMILES string of the molecule is [O-][Cl+3]([O-])([O-])[O-].c1ccc(-c2cccc(=[N+]3CCOCC3)o2)cc1. The Labute approximate surface area is 135 Å². The normalized spacial score (nSPS) is 14.9. The lowest BCUT2D eigenvalue weighted by Crippen LogP contribution is -2.68. The quantitative estimate of drug-likeness (QED) is 0.510. The number of rotatable bonds is 1. The van der Waals surface area contributed by atoms with Gasteiger partial charge in [-0.3, -0.25) is 0 Å². The van der Waals surface area contributed by atoms with E-state index in [0.717, 1.165) is 43.2 Å². The van der Waals surface area contributed by atoms with E-state index in [1.54, 1.807) is 0 Å². The molecule has 1 aliphatic heterocycles. The summed E-state index contributed by atoms with van der Waals surface area (Å²) in [5.74, 6) is 0.902. The zero-order valence-electron chi connectivity index (χ0n) is 12.2. The van der Waals surface area contributed by atoms with Crippen molar-refractivity contribution in [3.8, 4) is 11.3 Å². The summed E-state index contributed by atoms with van der Waals surface area (Å²) >= 11 is 0. The average molecular weight is 342 g/mol. The molecule has 3 rings (SSSR count). The standard InChI is InChI=1S/C15H16NO2.ClHO4/c1-2-5-13(6-3-1)14-7-4-8-15(18-14)16-9-11-17-12-10-16;2-1(3,4)5/h1-8H,9-12H2;(H,2,3,4,5)/q+1;/p-1. The molecule has 124 valence electrons. The van der Waals surface area contributed by atoms with Gasteiger partial charge in [-0.2, -0.15) is 4.58 Å². The molecule has 0 radical (unpaired) electrons. The minimum absolute atomic E-state index is 0.769. The predicted molar refractivity (Wildman–Crippen MR) is 70.0 cm³/mol. The highest BCUT2D eigenvalue weighted by Gasteiger charge is 2.13. The van der Waals surface area contributed by atoms with Crippen LogP contribution in [0, 0.1) is 10.2 Å². The first-order valence-electron chi connectivity index (χ1n) is 6.86. The molecule has 0 atom stereocenters. The molecule has 8 heteroatoms. The molecule has 0 amide bonds. The Hall–Kier alpha value is -1.74. The molecule has 2 heterocycles. The fourth-order valence-electron chi connectivity index (χ4n) is 2.11. The van der Waals surface area contributed by atoms with Crippen LogP contribution in [0.3, 0.4) is 0 Å². The van der Waals surface area contributed by atoms with Crippen molar-refractivity contribution in [2.75, 3.05) is 26.3 Å². The van der Waals surface area contributed by atoms with Crippen LogP contribution < -0.4 is 28.8 Å². The molecule has 1 saturated heterocycles. The molecule has 7 nitrogen and oxygen atoms in total. The summed E-state index contributed by atoms with van der Waals surface area (Å²) in [5.41, 5.74) is 2.02. The second kappa shape index (κ2) is 8.21. The van der Waals surface area contributed by atoms with Gasteiger partial charge >= 0.3 is 5.55 Å². The molecule has 23 heavy (non-hydrogen) atoms. The van der Waals surface area contributed by atoms with Gasteiger partial charge in [-0.25, -0.2) is 18.6 Å². The number of benzene rings is 1. The lowest BCUT2D eigenvalue weighted by atomic mass is 10.2. The Balaban J connectivity index is 0.000000338. The van der Waals surface area contributed by atoms with Crippen LogP contribution in [0.4, 0.5) is 0 Å². The van der Waals surface area contributed by atoms with Crippen LogP contribution in [0.1, 0.15) is 0 Å². The van der Waals surface area contributed by atoms with E-state index in [2.05, 4.69) is 16.7 Å². The van der Waals surface area contributed by atoms with Crippen molar-refractivity contribution < 1.29 is 38.0 Å². The summed E-state index contributed by atoms with van der Waals surface area (Å²) in [7, 11) is -4.94. The van der Waals surface area contributed by atoms with Crippen LogP contribution in [0.2, 0.25) is 0 Å². The third kappa shape index (κ3) is 6.49. The largest absolute Gasteiger partial charge is 0.405 e. The van der Waals surface area contributed by atoms with Crippen LogP contribution >= 0.6 is 0 Å². The third-order valence-electron chi connectivity index (χ3n) is 3.08. The molecule has 1 aromatic heterocycles. The van der Waals surface area contributed by atoms with E-state index in [1.165, 1.54) is 0 Å². The zero-order chi connectivity index (χ0) is 16.7. The molecule has 0 saturated carbocycles. The minimum Gasteiger partial charge on any atom is -0.405 e. The molecule has 0 aliphatic carbocycles. The molecule has 2 aromatic rings. The van der Waals surface area contributed by atoms with Gasteiger partial charge in [-0.05, 0) is 12.1 Å². The Bertz CT molecular complexity index is 666. The van der Waals surface area contributed by atoms with Gasteiger partial charge in [0.1, 0.15) is 19.0 Å². The monoisotopic (exact) mass is 341 g/mol. The van der Waals surface area contributed by atoms with E-state index in [4.69, 9.17) is 27.8 Å². The van der Waals surface area contributed by atoms with E-state index in [0.29, 0.717) is 0 Å². The molecular weight excluding hydrogens is 326 g/mol. The number of halogens is 1. The van der Waals surface area contributed by atoms with Crippen LogP contribution in [0.25, 0.3) is 11.3 Å². The summed E-state index contributed by atoms with van der Waals surface area (Å²) in [6.45, 7) is 3.32. The lowest BCUT2D eigenvalue weighted by molar-refractivity contribution is -2.00. The lowest BCUT2D eigenvalue weighted by Gasteiger charge is -2.17. The first kappa shape index (κ1) is 17.6. The van der Waals surface area contributed by atoms with E-state index in [9.17, 15) is 0 Å². The Morgan fingerprint density at radius 1 is 0.826 bits per heavy atom. The first-order chi connectivity index (χ1) is 10.9. The smallest absolute Gasteiger partial charge is 0.368 e. The topological polar surface area (TPSA) is 118 Å². The second-order valence-electron chi connectivity index (χ2n) is 4.67. The molecule has 1 aromatic carbocycles. The van der Waals surface area contributed by atoms with Gasteiger partial charge in [-0.15, -0.1) is 10.2 Å². The second-order valence-corrected chi connectivity index (χ2v) is 5.43. The fourth-order valence-corrected chi connectivity index (χ4v) is 2.11. The molecule has 0 bridgehead atoms. The number of hydrogen-bond donors (Lipinski definition) is 0. The molecule has 1 fully saturated rings. The Morgan fingerprint density at radius 2 is 1.43 bits per heavy atom. The van der Waals surface area contributed by atoms with Gasteiger partial charge in [-0.1, -0.05) is 30.3 Å². The van der Waals surface area contributed by atoms with Crippen molar-refractivity contribution in [1.82, 2.24) is 4.58 Å². The zero-order valence-corrected chi connectivity index (χ0v) is 13.0. The highest BCUT2D eigenvalue weighted by Crippen LogP contribution is 2.15. The van der Waals surface area contributed by atoms with E-state index >= 15 is 0 Å².